The standard InChI is InChI=1S/C33H36N8O5/c1-33(2)20-46-27(17-40(33)32(42)43)19-45-26-9-28(31-23(10-34)13-37-41(31)18-26)22-5-6-29(35-12-22)38-15-24-8-25(16-38)39(24)14-21-4-7-30(44-3)36-11-21/h4-7,9,11-13,18,24-25,27H,8,14-17,19-20H2,1-3H3,(H,42,43)/t24?,25?,27-/m0/s1. The van der Waals surface area contributed by atoms with Gasteiger partial charge in [0.1, 0.15) is 30.3 Å². The van der Waals surface area contributed by atoms with Gasteiger partial charge in [0.2, 0.25) is 5.88 Å². The summed E-state index contributed by atoms with van der Waals surface area (Å²) in [5.74, 6) is 2.07. The van der Waals surface area contributed by atoms with Crippen molar-refractivity contribution >= 4 is 17.4 Å². The predicted octanol–water partition coefficient (Wildman–Crippen LogP) is 3.67. The first kappa shape index (κ1) is 29.8. The number of carboxylic acid groups (broad SMARTS) is 1. The highest BCUT2D eigenvalue weighted by Gasteiger charge is 2.44. The number of nitriles is 1. The highest BCUT2D eigenvalue weighted by molar-refractivity contribution is 5.85. The van der Waals surface area contributed by atoms with Crippen LogP contribution in [0, 0.1) is 11.3 Å². The molecule has 46 heavy (non-hydrogen) atoms. The van der Waals surface area contributed by atoms with Crippen molar-refractivity contribution in [2.45, 2.75) is 50.5 Å². The Morgan fingerprint density at radius 1 is 1.13 bits per heavy atom. The number of pyridine rings is 3. The summed E-state index contributed by atoms with van der Waals surface area (Å²) >= 11 is 0. The normalized spacial score (nSPS) is 22.3. The quantitative estimate of drug-likeness (QED) is 0.307. The summed E-state index contributed by atoms with van der Waals surface area (Å²) in [4.78, 5) is 27.2. The molecule has 4 fully saturated rings. The van der Waals surface area contributed by atoms with Crippen LogP contribution in [-0.4, -0.2) is 104 Å². The van der Waals surface area contributed by atoms with E-state index in [4.69, 9.17) is 19.2 Å². The first-order valence-electron chi connectivity index (χ1n) is 15.3. The zero-order valence-electron chi connectivity index (χ0n) is 26.0. The summed E-state index contributed by atoms with van der Waals surface area (Å²) in [6.45, 7) is 7.00. The number of carbonyl (C=O) groups is 1. The van der Waals surface area contributed by atoms with Crippen molar-refractivity contribution in [3.8, 4) is 28.8 Å². The third-order valence-electron chi connectivity index (χ3n) is 9.26. The Balaban J connectivity index is 1.05. The van der Waals surface area contributed by atoms with Crippen LogP contribution in [0.4, 0.5) is 10.6 Å². The molecule has 1 N–H and O–H groups in total. The van der Waals surface area contributed by atoms with E-state index in [9.17, 15) is 15.2 Å². The number of hydrogen-bond acceptors (Lipinski definition) is 10. The monoisotopic (exact) mass is 624 g/mol. The number of aromatic nitrogens is 4. The minimum atomic E-state index is -0.983. The van der Waals surface area contributed by atoms with Crippen molar-refractivity contribution in [3.63, 3.8) is 0 Å². The van der Waals surface area contributed by atoms with Gasteiger partial charge in [-0.15, -0.1) is 0 Å². The fraction of sp³-hybridized carbons (Fsp3) is 0.424. The minimum Gasteiger partial charge on any atom is -0.489 e. The second-order valence-electron chi connectivity index (χ2n) is 12.7. The Kier molecular flexibility index (Phi) is 7.62. The average Bonchev–Trinajstić information content (AvgIpc) is 3.49. The van der Waals surface area contributed by atoms with Crippen LogP contribution in [0.3, 0.4) is 0 Å². The first-order chi connectivity index (χ1) is 22.2. The van der Waals surface area contributed by atoms with Gasteiger partial charge in [0, 0.05) is 61.3 Å². The van der Waals surface area contributed by atoms with Gasteiger partial charge in [0.05, 0.1) is 49.3 Å². The molecule has 0 saturated carbocycles. The molecule has 0 radical (unpaired) electrons. The number of fused-ring (bicyclic) bond motifs is 3. The van der Waals surface area contributed by atoms with E-state index in [1.54, 1.807) is 17.8 Å². The van der Waals surface area contributed by atoms with E-state index >= 15 is 0 Å². The van der Waals surface area contributed by atoms with Gasteiger partial charge in [-0.1, -0.05) is 6.07 Å². The van der Waals surface area contributed by atoms with Crippen molar-refractivity contribution in [2.24, 2.45) is 0 Å². The van der Waals surface area contributed by atoms with Crippen LogP contribution in [0.25, 0.3) is 16.6 Å². The Morgan fingerprint density at radius 2 is 1.96 bits per heavy atom. The molecular formula is C33H36N8O5. The molecule has 8 heterocycles. The number of nitrogens with zero attached hydrogens (tertiary/aromatic N) is 8. The topological polar surface area (TPSA) is 142 Å². The fourth-order valence-electron chi connectivity index (χ4n) is 6.71. The molecule has 4 aromatic heterocycles. The summed E-state index contributed by atoms with van der Waals surface area (Å²) in [5, 5.41) is 23.8. The Hall–Kier alpha value is -4.93. The predicted molar refractivity (Wildman–Crippen MR) is 168 cm³/mol. The van der Waals surface area contributed by atoms with E-state index in [1.165, 1.54) is 23.1 Å². The maximum absolute atomic E-state index is 11.8. The smallest absolute Gasteiger partial charge is 0.407 e. The molecule has 8 rings (SSSR count). The van der Waals surface area contributed by atoms with Gasteiger partial charge in [0.15, 0.2) is 0 Å². The minimum absolute atomic E-state index is 0.164. The van der Waals surface area contributed by atoms with Gasteiger partial charge in [-0.2, -0.15) is 10.4 Å². The number of ether oxygens (including phenoxy) is 3. The van der Waals surface area contributed by atoms with E-state index in [2.05, 4.69) is 32.0 Å². The first-order valence-corrected chi connectivity index (χ1v) is 15.3. The molecular weight excluding hydrogens is 588 g/mol. The lowest BCUT2D eigenvalue weighted by atomic mass is 9.87. The van der Waals surface area contributed by atoms with Gasteiger partial charge < -0.3 is 24.2 Å². The molecule has 0 aromatic carbocycles. The van der Waals surface area contributed by atoms with Crippen LogP contribution < -0.4 is 14.4 Å². The summed E-state index contributed by atoms with van der Waals surface area (Å²) < 4.78 is 18.9. The molecule has 4 aromatic rings. The number of hydrogen-bond donors (Lipinski definition) is 1. The molecule has 4 aliphatic rings. The number of rotatable bonds is 8. The van der Waals surface area contributed by atoms with Crippen LogP contribution in [0.15, 0.2) is 55.1 Å². The Labute approximate surface area is 266 Å². The second-order valence-corrected chi connectivity index (χ2v) is 12.7. The van der Waals surface area contributed by atoms with E-state index in [-0.39, 0.29) is 19.8 Å². The zero-order valence-corrected chi connectivity index (χ0v) is 26.0. The molecule has 0 aliphatic carbocycles. The lowest BCUT2D eigenvalue weighted by Gasteiger charge is -2.56. The maximum atomic E-state index is 11.8. The molecule has 4 saturated heterocycles. The molecule has 2 unspecified atom stereocenters. The van der Waals surface area contributed by atoms with Gasteiger partial charge in [-0.05, 0) is 44.0 Å². The summed E-state index contributed by atoms with van der Waals surface area (Å²) in [5.41, 5.74) is 3.28. The Bertz CT molecular complexity index is 1770. The van der Waals surface area contributed by atoms with Crippen LogP contribution in [0.5, 0.6) is 11.6 Å². The number of piperazine rings is 1. The fourth-order valence-corrected chi connectivity index (χ4v) is 6.71. The van der Waals surface area contributed by atoms with Gasteiger partial charge in [-0.3, -0.25) is 9.80 Å². The van der Waals surface area contributed by atoms with Crippen LogP contribution >= 0.6 is 0 Å². The molecule has 3 atom stereocenters. The summed E-state index contributed by atoms with van der Waals surface area (Å²) in [6, 6.07) is 13.1. The number of methoxy groups -OCH3 is 1. The second kappa shape index (κ2) is 11.8. The third kappa shape index (κ3) is 5.54. The molecule has 238 valence electrons. The van der Waals surface area contributed by atoms with Gasteiger partial charge >= 0.3 is 6.09 Å². The molecule has 13 heteroatoms. The number of anilines is 1. The van der Waals surface area contributed by atoms with Crippen LogP contribution in [-0.2, 0) is 11.3 Å². The lowest BCUT2D eigenvalue weighted by Crippen LogP contribution is -2.68. The zero-order chi connectivity index (χ0) is 32.0. The van der Waals surface area contributed by atoms with E-state index in [0.717, 1.165) is 36.6 Å². The number of morpholine rings is 1. The highest BCUT2D eigenvalue weighted by Crippen LogP contribution is 2.37. The molecule has 1 amide bonds. The van der Waals surface area contributed by atoms with Gasteiger partial charge in [-0.25, -0.2) is 19.3 Å². The number of piperidine rings is 1. The summed E-state index contributed by atoms with van der Waals surface area (Å²) in [7, 11) is 1.62. The lowest BCUT2D eigenvalue weighted by molar-refractivity contribution is -0.0978. The molecule has 0 spiro atoms. The van der Waals surface area contributed by atoms with Crippen molar-refractivity contribution in [1.29, 1.82) is 5.26 Å². The van der Waals surface area contributed by atoms with E-state index in [1.807, 2.05) is 50.5 Å². The van der Waals surface area contributed by atoms with Crippen molar-refractivity contribution in [2.75, 3.05) is 44.9 Å². The largest absolute Gasteiger partial charge is 0.489 e. The maximum Gasteiger partial charge on any atom is 0.407 e. The SMILES string of the molecule is COc1ccc(CN2C3CC2CN(c2ccc(-c4cc(OC[C@@H]5CN(C(=O)O)C(C)(C)CO5)cn5ncc(C#N)c45)cn2)C3)cn1. The van der Waals surface area contributed by atoms with Crippen LogP contribution in [0.2, 0.25) is 0 Å². The van der Waals surface area contributed by atoms with Crippen molar-refractivity contribution in [1.82, 2.24) is 29.4 Å². The van der Waals surface area contributed by atoms with Gasteiger partial charge in [0.25, 0.3) is 0 Å². The highest BCUT2D eigenvalue weighted by atomic mass is 16.5. The average molecular weight is 625 g/mol. The molecule has 2 bridgehead atoms. The Morgan fingerprint density at radius 3 is 2.63 bits per heavy atom. The van der Waals surface area contributed by atoms with Crippen molar-refractivity contribution in [3.05, 3.63) is 66.2 Å². The number of amides is 1. The third-order valence-corrected chi connectivity index (χ3v) is 9.26. The van der Waals surface area contributed by atoms with E-state index < -0.39 is 17.7 Å². The summed E-state index contributed by atoms with van der Waals surface area (Å²) in [6.07, 6.45) is 6.75. The van der Waals surface area contributed by atoms with Crippen LogP contribution in [0.1, 0.15) is 31.4 Å². The molecule has 13 nitrogen and oxygen atoms in total. The molecule has 4 aliphatic heterocycles. The van der Waals surface area contributed by atoms with Crippen molar-refractivity contribution < 1.29 is 24.1 Å². The van der Waals surface area contributed by atoms with E-state index in [0.29, 0.717) is 34.8 Å².